The van der Waals surface area contributed by atoms with E-state index < -0.39 is 5.97 Å². The van der Waals surface area contributed by atoms with Crippen molar-refractivity contribution in [3.63, 3.8) is 0 Å². The van der Waals surface area contributed by atoms with Crippen LogP contribution in [0.4, 0.5) is 0 Å². The average Bonchev–Trinajstić information content (AvgIpc) is 3.76. The highest BCUT2D eigenvalue weighted by Gasteiger charge is 2.31. The maximum atomic E-state index is 12.8. The summed E-state index contributed by atoms with van der Waals surface area (Å²) in [5.74, 6) is -0.232. The van der Waals surface area contributed by atoms with Gasteiger partial charge in [-0.2, -0.15) is 0 Å². The van der Waals surface area contributed by atoms with Crippen LogP contribution in [-0.4, -0.2) is 55.4 Å². The standard InChI is InChI=1S/C27H26N2O6/c1-29(19-9-10-19)26(31)22-12-11-20(25(28-22)27(32)34-3)21-14-23(33-2)24(13-18(21)15-30)35-16-17-7-5-4-6-8-17/h4-8,11-15,19H,9-10,16H2,1-3H3. The van der Waals surface area contributed by atoms with E-state index in [0.29, 0.717) is 28.9 Å². The molecular formula is C27H26N2O6. The van der Waals surface area contributed by atoms with Crippen LogP contribution in [0.1, 0.15) is 49.7 Å². The van der Waals surface area contributed by atoms with Crippen molar-refractivity contribution in [3.05, 3.63) is 77.1 Å². The summed E-state index contributed by atoms with van der Waals surface area (Å²) in [7, 11) is 4.45. The fourth-order valence-electron chi connectivity index (χ4n) is 3.77. The van der Waals surface area contributed by atoms with Gasteiger partial charge in [0.15, 0.2) is 23.5 Å². The molecule has 1 heterocycles. The normalized spacial score (nSPS) is 12.5. The molecule has 0 aliphatic heterocycles. The van der Waals surface area contributed by atoms with Crippen molar-refractivity contribution in [1.29, 1.82) is 0 Å². The van der Waals surface area contributed by atoms with Gasteiger partial charge in [-0.05, 0) is 48.2 Å². The Hall–Kier alpha value is -4.20. The van der Waals surface area contributed by atoms with Crippen LogP contribution < -0.4 is 9.47 Å². The molecule has 3 aromatic rings. The number of aldehydes is 1. The Morgan fingerprint density at radius 3 is 2.40 bits per heavy atom. The van der Waals surface area contributed by atoms with E-state index >= 15 is 0 Å². The van der Waals surface area contributed by atoms with Gasteiger partial charge in [-0.15, -0.1) is 0 Å². The number of hydrogen-bond donors (Lipinski definition) is 0. The summed E-state index contributed by atoms with van der Waals surface area (Å²) in [6.45, 7) is 0.287. The van der Waals surface area contributed by atoms with Gasteiger partial charge in [-0.1, -0.05) is 30.3 Å². The molecule has 0 radical (unpaired) electrons. The van der Waals surface area contributed by atoms with E-state index in [4.69, 9.17) is 14.2 Å². The largest absolute Gasteiger partial charge is 0.493 e. The minimum absolute atomic E-state index is 0.0642. The lowest BCUT2D eigenvalue weighted by Gasteiger charge is -2.18. The van der Waals surface area contributed by atoms with E-state index in [1.54, 1.807) is 36.2 Å². The molecule has 0 bridgehead atoms. The first-order chi connectivity index (χ1) is 17.0. The molecule has 8 nitrogen and oxygen atoms in total. The third kappa shape index (κ3) is 5.16. The number of amides is 1. The Bertz CT molecular complexity index is 1250. The number of hydrogen-bond acceptors (Lipinski definition) is 7. The van der Waals surface area contributed by atoms with E-state index in [0.717, 1.165) is 18.4 Å². The highest BCUT2D eigenvalue weighted by atomic mass is 16.5. The number of esters is 1. The highest BCUT2D eigenvalue weighted by Crippen LogP contribution is 2.37. The fraction of sp³-hybridized carbons (Fsp3) is 0.259. The molecule has 0 spiro atoms. The zero-order valence-corrected chi connectivity index (χ0v) is 19.8. The molecule has 0 atom stereocenters. The van der Waals surface area contributed by atoms with Gasteiger partial charge in [0.2, 0.25) is 0 Å². The number of ether oxygens (including phenoxy) is 3. The highest BCUT2D eigenvalue weighted by molar-refractivity contribution is 6.01. The Morgan fingerprint density at radius 2 is 1.77 bits per heavy atom. The lowest BCUT2D eigenvalue weighted by atomic mass is 9.97. The van der Waals surface area contributed by atoms with Gasteiger partial charge in [0.1, 0.15) is 12.3 Å². The first-order valence-corrected chi connectivity index (χ1v) is 11.2. The molecule has 0 saturated heterocycles. The number of pyridine rings is 1. The fourth-order valence-corrected chi connectivity index (χ4v) is 3.77. The van der Waals surface area contributed by atoms with Crippen molar-refractivity contribution in [3.8, 4) is 22.6 Å². The molecule has 1 amide bonds. The van der Waals surface area contributed by atoms with Crippen molar-refractivity contribution < 1.29 is 28.6 Å². The number of carbonyl (C=O) groups excluding carboxylic acids is 3. The Labute approximate surface area is 203 Å². The molecule has 35 heavy (non-hydrogen) atoms. The van der Waals surface area contributed by atoms with Crippen LogP contribution in [0.15, 0.2) is 54.6 Å². The molecule has 1 aliphatic rings. The maximum Gasteiger partial charge on any atom is 0.357 e. The Morgan fingerprint density at radius 1 is 1.03 bits per heavy atom. The predicted molar refractivity (Wildman–Crippen MR) is 129 cm³/mol. The van der Waals surface area contributed by atoms with Crippen LogP contribution in [0.25, 0.3) is 11.1 Å². The summed E-state index contributed by atoms with van der Waals surface area (Å²) in [4.78, 5) is 43.4. The molecule has 1 aromatic heterocycles. The lowest BCUT2D eigenvalue weighted by molar-refractivity contribution is 0.0594. The average molecular weight is 475 g/mol. The number of rotatable bonds is 9. The van der Waals surface area contributed by atoms with Crippen molar-refractivity contribution in [2.75, 3.05) is 21.3 Å². The molecule has 0 unspecified atom stereocenters. The minimum atomic E-state index is -0.719. The van der Waals surface area contributed by atoms with Crippen LogP contribution in [0.2, 0.25) is 0 Å². The van der Waals surface area contributed by atoms with Crippen LogP contribution in [0, 0.1) is 0 Å². The smallest absolute Gasteiger partial charge is 0.357 e. The van der Waals surface area contributed by atoms with Crippen molar-refractivity contribution >= 4 is 18.2 Å². The third-order valence-corrected chi connectivity index (χ3v) is 5.90. The summed E-state index contributed by atoms with van der Waals surface area (Å²) in [6, 6.07) is 16.1. The third-order valence-electron chi connectivity index (χ3n) is 5.90. The molecular weight excluding hydrogens is 448 g/mol. The molecule has 1 fully saturated rings. The van der Waals surface area contributed by atoms with Crippen molar-refractivity contribution in [1.82, 2.24) is 9.88 Å². The monoisotopic (exact) mass is 474 g/mol. The summed E-state index contributed by atoms with van der Waals surface area (Å²) in [5, 5.41) is 0. The van der Waals surface area contributed by atoms with Crippen LogP contribution in [0.5, 0.6) is 11.5 Å². The minimum Gasteiger partial charge on any atom is -0.493 e. The predicted octanol–water partition coefficient (Wildman–Crippen LogP) is 4.17. The second kappa shape index (κ2) is 10.4. The van der Waals surface area contributed by atoms with Gasteiger partial charge in [0, 0.05) is 24.2 Å². The lowest BCUT2D eigenvalue weighted by Crippen LogP contribution is -2.30. The number of nitrogens with zero attached hydrogens (tertiary/aromatic N) is 2. The quantitative estimate of drug-likeness (QED) is 0.339. The number of methoxy groups -OCH3 is 2. The molecule has 8 heteroatoms. The Balaban J connectivity index is 1.73. The molecule has 1 saturated carbocycles. The van der Waals surface area contributed by atoms with Crippen LogP contribution in [-0.2, 0) is 11.3 Å². The first kappa shape index (κ1) is 23.9. The van der Waals surface area contributed by atoms with E-state index in [9.17, 15) is 14.4 Å². The van der Waals surface area contributed by atoms with Gasteiger partial charge in [-0.25, -0.2) is 9.78 Å². The second-order valence-corrected chi connectivity index (χ2v) is 8.21. The summed E-state index contributed by atoms with van der Waals surface area (Å²) >= 11 is 0. The topological polar surface area (TPSA) is 95.0 Å². The summed E-state index contributed by atoms with van der Waals surface area (Å²) in [5.41, 5.74) is 2.05. The SMILES string of the molecule is COC(=O)c1nc(C(=O)N(C)C2CC2)ccc1-c1cc(OC)c(OCc2ccccc2)cc1C=O. The van der Waals surface area contributed by atoms with Gasteiger partial charge in [-0.3, -0.25) is 9.59 Å². The Kier molecular flexibility index (Phi) is 7.10. The van der Waals surface area contributed by atoms with Gasteiger partial charge < -0.3 is 19.1 Å². The molecule has 4 rings (SSSR count). The maximum absolute atomic E-state index is 12.8. The first-order valence-electron chi connectivity index (χ1n) is 11.2. The van der Waals surface area contributed by atoms with Crippen molar-refractivity contribution in [2.45, 2.75) is 25.5 Å². The number of aromatic nitrogens is 1. The van der Waals surface area contributed by atoms with Crippen molar-refractivity contribution in [2.24, 2.45) is 0 Å². The zero-order chi connectivity index (χ0) is 24.9. The van der Waals surface area contributed by atoms with Crippen LogP contribution >= 0.6 is 0 Å². The molecule has 1 aliphatic carbocycles. The van der Waals surface area contributed by atoms with E-state index in [1.165, 1.54) is 14.2 Å². The van der Waals surface area contributed by atoms with E-state index in [-0.39, 0.29) is 35.5 Å². The molecule has 180 valence electrons. The number of benzene rings is 2. The van der Waals surface area contributed by atoms with E-state index in [1.807, 2.05) is 30.3 Å². The molecule has 0 N–H and O–H groups in total. The zero-order valence-electron chi connectivity index (χ0n) is 19.8. The summed E-state index contributed by atoms with van der Waals surface area (Å²) in [6.07, 6.45) is 2.57. The molecule has 2 aromatic carbocycles. The second-order valence-electron chi connectivity index (χ2n) is 8.21. The van der Waals surface area contributed by atoms with Crippen LogP contribution in [0.3, 0.4) is 0 Å². The van der Waals surface area contributed by atoms with Gasteiger partial charge in [0.05, 0.1) is 14.2 Å². The number of carbonyl (C=O) groups is 3. The summed E-state index contributed by atoms with van der Waals surface area (Å²) < 4.78 is 16.3. The van der Waals surface area contributed by atoms with Gasteiger partial charge in [0.25, 0.3) is 5.91 Å². The van der Waals surface area contributed by atoms with Gasteiger partial charge >= 0.3 is 5.97 Å². The van der Waals surface area contributed by atoms with E-state index in [2.05, 4.69) is 4.98 Å².